The van der Waals surface area contributed by atoms with Gasteiger partial charge in [-0.2, -0.15) is 0 Å². The first kappa shape index (κ1) is 12.2. The van der Waals surface area contributed by atoms with E-state index in [0.717, 1.165) is 4.47 Å². The second kappa shape index (κ2) is 4.74. The summed E-state index contributed by atoms with van der Waals surface area (Å²) in [5.41, 5.74) is 0. The van der Waals surface area contributed by atoms with Crippen LogP contribution in [0.1, 0.15) is 6.92 Å². The van der Waals surface area contributed by atoms with Crippen molar-refractivity contribution in [1.29, 1.82) is 0 Å². The Morgan fingerprint density at radius 2 is 2.00 bits per heavy atom. The fourth-order valence-corrected chi connectivity index (χ4v) is 3.50. The minimum Gasteiger partial charge on any atom is -0.211 e. The first-order chi connectivity index (χ1) is 6.49. The number of halogens is 2. The second-order valence-corrected chi connectivity index (χ2v) is 5.94. The summed E-state index contributed by atoms with van der Waals surface area (Å²) in [6.45, 7) is 2.12. The topological polar surface area (TPSA) is 46.2 Å². The molecule has 0 fully saturated rings. The van der Waals surface area contributed by atoms with Gasteiger partial charge in [-0.25, -0.2) is 13.1 Å². The zero-order chi connectivity index (χ0) is 10.8. The molecule has 0 amide bonds. The Balaban J connectivity index is 3.27. The maximum absolute atomic E-state index is 11.6. The highest BCUT2D eigenvalue weighted by Gasteiger charge is 2.17. The fraction of sp³-hybridized carbons (Fsp3) is 0.250. The third kappa shape index (κ3) is 2.56. The third-order valence-electron chi connectivity index (χ3n) is 1.54. The lowest BCUT2D eigenvalue weighted by molar-refractivity contribution is 0.583. The Labute approximate surface area is 100 Å². The minimum atomic E-state index is -3.39. The molecule has 0 aliphatic rings. The summed E-state index contributed by atoms with van der Waals surface area (Å²) in [7, 11) is -3.39. The monoisotopic (exact) mass is 341 g/mol. The smallest absolute Gasteiger partial charge is 0.211 e. The molecule has 0 saturated carbocycles. The summed E-state index contributed by atoms with van der Waals surface area (Å²) < 4.78 is 27.0. The van der Waals surface area contributed by atoms with Crippen LogP contribution < -0.4 is 4.72 Å². The maximum Gasteiger partial charge on any atom is 0.241 e. The number of hydrogen-bond acceptors (Lipinski definition) is 2. The molecule has 1 aromatic carbocycles. The van der Waals surface area contributed by atoms with Gasteiger partial charge < -0.3 is 0 Å². The van der Waals surface area contributed by atoms with Crippen molar-refractivity contribution in [3.8, 4) is 0 Å². The molecule has 0 spiro atoms. The molecule has 78 valence electrons. The molecule has 0 heterocycles. The van der Waals surface area contributed by atoms with Gasteiger partial charge in [-0.3, -0.25) is 0 Å². The predicted octanol–water partition coefficient (Wildman–Crippen LogP) is 2.51. The molecule has 0 bridgehead atoms. The highest BCUT2D eigenvalue weighted by Crippen LogP contribution is 2.29. The number of nitrogens with one attached hydrogen (secondary N) is 1. The van der Waals surface area contributed by atoms with Crippen molar-refractivity contribution in [2.24, 2.45) is 0 Å². The highest BCUT2D eigenvalue weighted by atomic mass is 79.9. The van der Waals surface area contributed by atoms with Crippen molar-refractivity contribution in [2.45, 2.75) is 11.8 Å². The SMILES string of the molecule is CCNS(=O)(=O)c1cccc(Br)c1Br. The molecule has 0 radical (unpaired) electrons. The van der Waals surface area contributed by atoms with Crippen LogP contribution in [-0.2, 0) is 10.0 Å². The largest absolute Gasteiger partial charge is 0.241 e. The summed E-state index contributed by atoms with van der Waals surface area (Å²) >= 11 is 6.47. The van der Waals surface area contributed by atoms with E-state index in [2.05, 4.69) is 36.6 Å². The molecule has 1 aromatic rings. The maximum atomic E-state index is 11.6. The van der Waals surface area contributed by atoms with Crippen molar-refractivity contribution in [1.82, 2.24) is 4.72 Å². The Bertz CT molecular complexity index is 431. The number of benzene rings is 1. The van der Waals surface area contributed by atoms with Gasteiger partial charge in [0.1, 0.15) is 0 Å². The van der Waals surface area contributed by atoms with Crippen LogP contribution in [0.15, 0.2) is 32.0 Å². The van der Waals surface area contributed by atoms with Crippen LogP contribution in [0.2, 0.25) is 0 Å². The summed E-state index contributed by atoms with van der Waals surface area (Å²) in [4.78, 5) is 0.244. The van der Waals surface area contributed by atoms with Crippen molar-refractivity contribution >= 4 is 41.9 Å². The standard InChI is InChI=1S/C8H9Br2NO2S/c1-2-11-14(12,13)7-5-3-4-6(9)8(7)10/h3-5,11H,2H2,1H3. The van der Waals surface area contributed by atoms with E-state index in [1.165, 1.54) is 0 Å². The van der Waals surface area contributed by atoms with Crippen LogP contribution >= 0.6 is 31.9 Å². The Kier molecular flexibility index (Phi) is 4.12. The molecule has 0 aliphatic carbocycles. The fourth-order valence-electron chi connectivity index (χ4n) is 0.959. The highest BCUT2D eigenvalue weighted by molar-refractivity contribution is 9.13. The molecule has 1 N–H and O–H groups in total. The molecule has 1 rings (SSSR count). The summed E-state index contributed by atoms with van der Waals surface area (Å²) in [6, 6.07) is 5.00. The van der Waals surface area contributed by atoms with Gasteiger partial charge in [-0.1, -0.05) is 13.0 Å². The summed E-state index contributed by atoms with van der Waals surface area (Å²) in [6.07, 6.45) is 0. The van der Waals surface area contributed by atoms with Gasteiger partial charge in [0, 0.05) is 11.0 Å². The van der Waals surface area contributed by atoms with E-state index in [1.807, 2.05) is 0 Å². The average molecular weight is 343 g/mol. The van der Waals surface area contributed by atoms with Crippen molar-refractivity contribution in [3.63, 3.8) is 0 Å². The van der Waals surface area contributed by atoms with E-state index in [0.29, 0.717) is 11.0 Å². The van der Waals surface area contributed by atoms with E-state index < -0.39 is 10.0 Å². The summed E-state index contributed by atoms with van der Waals surface area (Å²) in [5, 5.41) is 0. The summed E-state index contributed by atoms with van der Waals surface area (Å²) in [5.74, 6) is 0. The van der Waals surface area contributed by atoms with Gasteiger partial charge in [0.2, 0.25) is 10.0 Å². The Morgan fingerprint density at radius 3 is 2.57 bits per heavy atom. The normalized spacial score (nSPS) is 11.6. The van der Waals surface area contributed by atoms with Gasteiger partial charge in [-0.15, -0.1) is 0 Å². The van der Waals surface area contributed by atoms with E-state index >= 15 is 0 Å². The van der Waals surface area contributed by atoms with Crippen LogP contribution in [0, 0.1) is 0 Å². The number of sulfonamides is 1. The van der Waals surface area contributed by atoms with E-state index in [4.69, 9.17) is 0 Å². The number of rotatable bonds is 3. The van der Waals surface area contributed by atoms with Gasteiger partial charge in [0.25, 0.3) is 0 Å². The average Bonchev–Trinajstić information content (AvgIpc) is 2.09. The first-order valence-corrected chi connectivity index (χ1v) is 6.99. The lowest BCUT2D eigenvalue weighted by Gasteiger charge is -2.07. The van der Waals surface area contributed by atoms with Gasteiger partial charge in [-0.05, 0) is 44.0 Å². The van der Waals surface area contributed by atoms with Crippen LogP contribution in [0.5, 0.6) is 0 Å². The Hall–Kier alpha value is 0.0900. The lowest BCUT2D eigenvalue weighted by Crippen LogP contribution is -2.23. The quantitative estimate of drug-likeness (QED) is 0.917. The molecule has 0 atom stereocenters. The molecule has 3 nitrogen and oxygen atoms in total. The van der Waals surface area contributed by atoms with Crippen LogP contribution in [-0.4, -0.2) is 15.0 Å². The zero-order valence-corrected chi connectivity index (χ0v) is 11.4. The Morgan fingerprint density at radius 1 is 1.36 bits per heavy atom. The van der Waals surface area contributed by atoms with Crippen LogP contribution in [0.4, 0.5) is 0 Å². The van der Waals surface area contributed by atoms with Gasteiger partial charge >= 0.3 is 0 Å². The molecule has 14 heavy (non-hydrogen) atoms. The minimum absolute atomic E-state index is 0.244. The van der Waals surface area contributed by atoms with Crippen molar-refractivity contribution < 1.29 is 8.42 Å². The predicted molar refractivity (Wildman–Crippen MR) is 62.7 cm³/mol. The van der Waals surface area contributed by atoms with Crippen molar-refractivity contribution in [2.75, 3.05) is 6.54 Å². The van der Waals surface area contributed by atoms with E-state index in [9.17, 15) is 8.42 Å². The van der Waals surface area contributed by atoms with E-state index in [1.54, 1.807) is 25.1 Å². The lowest BCUT2D eigenvalue weighted by atomic mass is 10.4. The third-order valence-corrected chi connectivity index (χ3v) is 5.44. The zero-order valence-electron chi connectivity index (χ0n) is 7.42. The second-order valence-electron chi connectivity index (χ2n) is 2.55. The van der Waals surface area contributed by atoms with Gasteiger partial charge in [0.05, 0.1) is 9.37 Å². The molecule has 0 aromatic heterocycles. The molecule has 6 heteroatoms. The first-order valence-electron chi connectivity index (χ1n) is 3.92. The molecular weight excluding hydrogens is 334 g/mol. The number of hydrogen-bond donors (Lipinski definition) is 1. The van der Waals surface area contributed by atoms with E-state index in [-0.39, 0.29) is 4.90 Å². The molecule has 0 aliphatic heterocycles. The van der Waals surface area contributed by atoms with Crippen LogP contribution in [0.3, 0.4) is 0 Å². The molecule has 0 saturated heterocycles. The van der Waals surface area contributed by atoms with Crippen LogP contribution in [0.25, 0.3) is 0 Å². The van der Waals surface area contributed by atoms with Gasteiger partial charge in [0.15, 0.2) is 0 Å². The molecule has 0 unspecified atom stereocenters. The van der Waals surface area contributed by atoms with Crippen molar-refractivity contribution in [3.05, 3.63) is 27.1 Å². The molecular formula is C8H9Br2NO2S.